The molecule has 29 heavy (non-hydrogen) atoms. The summed E-state index contributed by atoms with van der Waals surface area (Å²) in [6.45, 7) is 3.55. The zero-order valence-electron chi connectivity index (χ0n) is 16.2. The molecule has 0 radical (unpaired) electrons. The highest BCUT2D eigenvalue weighted by Crippen LogP contribution is 2.35. The molecule has 1 saturated heterocycles. The summed E-state index contributed by atoms with van der Waals surface area (Å²) in [5, 5.41) is 0. The van der Waals surface area contributed by atoms with Crippen molar-refractivity contribution in [1.29, 1.82) is 0 Å². The van der Waals surface area contributed by atoms with Gasteiger partial charge in [0.2, 0.25) is 5.60 Å². The Balaban J connectivity index is 1.72. The van der Waals surface area contributed by atoms with E-state index in [9.17, 15) is 9.59 Å². The number of hydrogen-bond acceptors (Lipinski definition) is 5. The molecule has 1 aliphatic rings. The molecule has 1 unspecified atom stereocenters. The first-order valence-electron chi connectivity index (χ1n) is 9.14. The fourth-order valence-corrected chi connectivity index (χ4v) is 3.30. The van der Waals surface area contributed by atoms with E-state index in [4.69, 9.17) is 32.2 Å². The number of hydrogen-bond donors (Lipinski definition) is 0. The van der Waals surface area contributed by atoms with E-state index in [2.05, 4.69) is 5.92 Å². The summed E-state index contributed by atoms with van der Waals surface area (Å²) in [6, 6.07) is 13.9. The monoisotopic (exact) mass is 412 g/mol. The van der Waals surface area contributed by atoms with Crippen LogP contribution in [0.1, 0.15) is 38.3 Å². The third-order valence-electron chi connectivity index (χ3n) is 4.74. The minimum atomic E-state index is -1.45. The molecule has 6 heteroatoms. The van der Waals surface area contributed by atoms with Crippen molar-refractivity contribution in [3.63, 3.8) is 0 Å². The van der Waals surface area contributed by atoms with Crippen molar-refractivity contribution in [3.05, 3.63) is 70.8 Å². The summed E-state index contributed by atoms with van der Waals surface area (Å²) in [5.74, 6) is 1.38. The van der Waals surface area contributed by atoms with E-state index in [0.29, 0.717) is 11.1 Å². The smallest absolute Gasteiger partial charge is 0.338 e. The van der Waals surface area contributed by atoms with Gasteiger partial charge in [0.25, 0.3) is 0 Å². The molecule has 150 valence electrons. The van der Waals surface area contributed by atoms with Gasteiger partial charge in [-0.05, 0) is 38.1 Å². The van der Waals surface area contributed by atoms with Crippen molar-refractivity contribution in [2.45, 2.75) is 37.5 Å². The van der Waals surface area contributed by atoms with Crippen molar-refractivity contribution in [3.8, 4) is 12.3 Å². The Labute approximate surface area is 174 Å². The summed E-state index contributed by atoms with van der Waals surface area (Å²) < 4.78 is 16.6. The SMILES string of the molecule is C#C[C@]1(COC(=O)c2ccc(C)cc2)OC(Cl)C[C@@H]1OC(=O)c1ccc(C)cc1. The fraction of sp³-hybridized carbons (Fsp3) is 0.304. The summed E-state index contributed by atoms with van der Waals surface area (Å²) in [4.78, 5) is 24.9. The van der Waals surface area contributed by atoms with Gasteiger partial charge in [-0.1, -0.05) is 52.9 Å². The number of carbonyl (C=O) groups excluding carboxylic acids is 2. The molecule has 0 saturated carbocycles. The topological polar surface area (TPSA) is 61.8 Å². The van der Waals surface area contributed by atoms with Gasteiger partial charge < -0.3 is 14.2 Å². The minimum absolute atomic E-state index is 0.186. The molecule has 0 spiro atoms. The second kappa shape index (κ2) is 8.69. The van der Waals surface area contributed by atoms with E-state index >= 15 is 0 Å². The summed E-state index contributed by atoms with van der Waals surface area (Å²) >= 11 is 6.12. The largest absolute Gasteiger partial charge is 0.458 e. The molecule has 0 aliphatic carbocycles. The predicted octanol–water partition coefficient (Wildman–Crippen LogP) is 4.04. The standard InChI is InChI=1S/C23H21ClO5/c1-4-23(14-27-21(25)17-9-5-15(2)6-10-17)19(13-20(24)29-23)28-22(26)18-11-7-16(3)8-12-18/h1,5-12,19-20H,13-14H2,2-3H3/t19-,20?,23+/m0/s1. The van der Waals surface area contributed by atoms with Crippen LogP contribution in [-0.2, 0) is 14.2 Å². The first-order valence-corrected chi connectivity index (χ1v) is 9.58. The van der Waals surface area contributed by atoms with Crippen molar-refractivity contribution in [2.24, 2.45) is 0 Å². The lowest BCUT2D eigenvalue weighted by Crippen LogP contribution is -2.45. The van der Waals surface area contributed by atoms with Crippen LogP contribution in [0.4, 0.5) is 0 Å². The quantitative estimate of drug-likeness (QED) is 0.421. The number of alkyl halides is 1. The van der Waals surface area contributed by atoms with Crippen LogP contribution < -0.4 is 0 Å². The molecule has 0 aromatic heterocycles. The second-order valence-electron chi connectivity index (χ2n) is 7.00. The fourth-order valence-electron chi connectivity index (χ4n) is 2.98. The van der Waals surface area contributed by atoms with Crippen LogP contribution in [0, 0.1) is 26.2 Å². The molecular formula is C23H21ClO5. The van der Waals surface area contributed by atoms with Crippen LogP contribution >= 0.6 is 11.6 Å². The highest BCUT2D eigenvalue weighted by molar-refractivity contribution is 6.20. The third kappa shape index (κ3) is 4.79. The van der Waals surface area contributed by atoms with E-state index in [0.717, 1.165) is 11.1 Å². The Bertz CT molecular complexity index is 929. The molecule has 2 aromatic rings. The number of esters is 2. The van der Waals surface area contributed by atoms with Gasteiger partial charge in [-0.2, -0.15) is 0 Å². The van der Waals surface area contributed by atoms with Crippen LogP contribution in [0.15, 0.2) is 48.5 Å². The Morgan fingerprint density at radius 1 is 1.07 bits per heavy atom. The molecular weight excluding hydrogens is 392 g/mol. The molecule has 0 N–H and O–H groups in total. The van der Waals surface area contributed by atoms with Crippen molar-refractivity contribution in [2.75, 3.05) is 6.61 Å². The van der Waals surface area contributed by atoms with Gasteiger partial charge in [-0.25, -0.2) is 9.59 Å². The van der Waals surface area contributed by atoms with Gasteiger partial charge in [0.05, 0.1) is 11.1 Å². The molecule has 3 atom stereocenters. The average Bonchev–Trinajstić information content (AvgIpc) is 3.02. The van der Waals surface area contributed by atoms with Gasteiger partial charge >= 0.3 is 11.9 Å². The van der Waals surface area contributed by atoms with E-state index in [-0.39, 0.29) is 13.0 Å². The molecule has 0 amide bonds. The summed E-state index contributed by atoms with van der Waals surface area (Å²) in [5.41, 5.74) is 0.599. The third-order valence-corrected chi connectivity index (χ3v) is 5.01. The van der Waals surface area contributed by atoms with E-state index in [1.807, 2.05) is 26.0 Å². The van der Waals surface area contributed by atoms with Crippen LogP contribution in [0.2, 0.25) is 0 Å². The molecule has 1 aliphatic heterocycles. The maximum absolute atomic E-state index is 12.5. The van der Waals surface area contributed by atoms with E-state index in [1.54, 1.807) is 36.4 Å². The van der Waals surface area contributed by atoms with Gasteiger partial charge in [-0.15, -0.1) is 6.42 Å². The molecule has 1 fully saturated rings. The van der Waals surface area contributed by atoms with Crippen LogP contribution in [0.25, 0.3) is 0 Å². The Morgan fingerprint density at radius 2 is 1.59 bits per heavy atom. The highest BCUT2D eigenvalue weighted by Gasteiger charge is 2.51. The molecule has 3 rings (SSSR count). The van der Waals surface area contributed by atoms with Gasteiger partial charge in [-0.3, -0.25) is 0 Å². The molecule has 5 nitrogen and oxygen atoms in total. The Kier molecular flexibility index (Phi) is 6.26. The van der Waals surface area contributed by atoms with Gasteiger partial charge in [0.15, 0.2) is 0 Å². The van der Waals surface area contributed by atoms with E-state index < -0.39 is 29.2 Å². The zero-order chi connectivity index (χ0) is 21.0. The Hall–Kier alpha value is -2.81. The van der Waals surface area contributed by atoms with Crippen molar-refractivity contribution < 1.29 is 23.8 Å². The molecule has 1 heterocycles. The van der Waals surface area contributed by atoms with Gasteiger partial charge in [0.1, 0.15) is 18.3 Å². The van der Waals surface area contributed by atoms with E-state index in [1.165, 1.54) is 0 Å². The number of benzene rings is 2. The van der Waals surface area contributed by atoms with Crippen LogP contribution in [0.3, 0.4) is 0 Å². The van der Waals surface area contributed by atoms with Gasteiger partial charge in [0, 0.05) is 6.42 Å². The minimum Gasteiger partial charge on any atom is -0.458 e. The predicted molar refractivity (Wildman–Crippen MR) is 109 cm³/mol. The lowest BCUT2D eigenvalue weighted by Gasteiger charge is -2.28. The average molecular weight is 413 g/mol. The number of rotatable bonds is 5. The van der Waals surface area contributed by atoms with Crippen molar-refractivity contribution in [1.82, 2.24) is 0 Å². The first kappa shape index (κ1) is 20.9. The highest BCUT2D eigenvalue weighted by atomic mass is 35.5. The van der Waals surface area contributed by atoms with Crippen molar-refractivity contribution >= 4 is 23.5 Å². The summed E-state index contributed by atoms with van der Waals surface area (Å²) in [6.07, 6.45) is 5.02. The van der Waals surface area contributed by atoms with Crippen LogP contribution in [0.5, 0.6) is 0 Å². The maximum atomic E-state index is 12.5. The summed E-state index contributed by atoms with van der Waals surface area (Å²) in [7, 11) is 0. The number of carbonyl (C=O) groups is 2. The lowest BCUT2D eigenvalue weighted by atomic mass is 9.98. The molecule has 2 aromatic carbocycles. The first-order chi connectivity index (χ1) is 13.8. The Morgan fingerprint density at radius 3 is 2.10 bits per heavy atom. The van der Waals surface area contributed by atoms with Crippen LogP contribution in [-0.4, -0.2) is 35.8 Å². The zero-order valence-corrected chi connectivity index (χ0v) is 16.9. The molecule has 0 bridgehead atoms. The number of halogens is 1. The normalized spacial score (nSPS) is 23.2. The lowest BCUT2D eigenvalue weighted by molar-refractivity contribution is -0.0706. The number of terminal acetylenes is 1. The number of ether oxygens (including phenoxy) is 3. The number of aryl methyl sites for hydroxylation is 2. The maximum Gasteiger partial charge on any atom is 0.338 e. The second-order valence-corrected chi connectivity index (χ2v) is 7.49.